The second-order valence-electron chi connectivity index (χ2n) is 4.18. The molecule has 102 valence electrons. The van der Waals surface area contributed by atoms with Gasteiger partial charge in [-0.05, 0) is 0 Å². The van der Waals surface area contributed by atoms with E-state index in [1.165, 1.54) is 11.2 Å². The average molecular weight is 282 g/mol. The van der Waals surface area contributed by atoms with Crippen LogP contribution in [0.3, 0.4) is 0 Å². The molecule has 1 fully saturated rings. The van der Waals surface area contributed by atoms with Crippen LogP contribution in [-0.2, 0) is 11.3 Å². The van der Waals surface area contributed by atoms with Crippen LogP contribution in [0.4, 0.5) is 8.78 Å². The number of nitrogens with one attached hydrogen (secondary N) is 1. The van der Waals surface area contributed by atoms with Crippen molar-refractivity contribution in [3.05, 3.63) is 18.0 Å². The monoisotopic (exact) mass is 281 g/mol. The quantitative estimate of drug-likeness (QED) is 0.900. The van der Waals surface area contributed by atoms with Crippen molar-refractivity contribution in [3.8, 4) is 0 Å². The van der Waals surface area contributed by atoms with Crippen LogP contribution < -0.4 is 5.32 Å². The predicted octanol–water partition coefficient (Wildman–Crippen LogP) is 1.05. The molecule has 1 amide bonds. The average Bonchev–Trinajstić information content (AvgIpc) is 2.86. The number of aromatic nitrogens is 1. The number of halogens is 3. The minimum absolute atomic E-state index is 0. The first-order valence-electron chi connectivity index (χ1n) is 5.23. The van der Waals surface area contributed by atoms with Crippen molar-refractivity contribution in [3.63, 3.8) is 0 Å². The van der Waals surface area contributed by atoms with Gasteiger partial charge < -0.3 is 9.42 Å². The van der Waals surface area contributed by atoms with Crippen LogP contribution in [0.2, 0.25) is 0 Å². The van der Waals surface area contributed by atoms with Crippen molar-refractivity contribution in [2.45, 2.75) is 24.9 Å². The highest BCUT2D eigenvalue weighted by atomic mass is 35.5. The van der Waals surface area contributed by atoms with E-state index in [0.29, 0.717) is 5.69 Å². The van der Waals surface area contributed by atoms with Crippen LogP contribution in [0.25, 0.3) is 0 Å². The molecule has 2 rings (SSSR count). The Labute approximate surface area is 109 Å². The van der Waals surface area contributed by atoms with Gasteiger partial charge in [-0.25, -0.2) is 8.78 Å². The third-order valence-electron chi connectivity index (χ3n) is 2.67. The molecule has 0 bridgehead atoms. The lowest BCUT2D eigenvalue weighted by atomic mass is 10.1. The summed E-state index contributed by atoms with van der Waals surface area (Å²) >= 11 is 0. The molecule has 2 heterocycles. The Morgan fingerprint density at radius 3 is 2.94 bits per heavy atom. The highest BCUT2D eigenvalue weighted by molar-refractivity contribution is 5.85. The smallest absolute Gasteiger partial charge is 0.262 e. The fourth-order valence-corrected chi connectivity index (χ4v) is 1.80. The number of nitrogens with zero attached hydrogens (tertiary/aromatic N) is 2. The van der Waals surface area contributed by atoms with Gasteiger partial charge in [-0.2, -0.15) is 0 Å². The van der Waals surface area contributed by atoms with E-state index in [1.54, 1.807) is 13.1 Å². The summed E-state index contributed by atoms with van der Waals surface area (Å²) in [5.74, 6) is -3.15. The summed E-state index contributed by atoms with van der Waals surface area (Å²) in [4.78, 5) is 13.2. The molecule has 1 unspecified atom stereocenters. The Bertz CT molecular complexity index is 400. The highest BCUT2D eigenvalue weighted by Gasteiger charge is 2.43. The van der Waals surface area contributed by atoms with Gasteiger partial charge in [0.05, 0.1) is 19.1 Å². The number of alkyl halides is 2. The van der Waals surface area contributed by atoms with Gasteiger partial charge in [0, 0.05) is 19.5 Å². The number of carbonyl (C=O) groups excluding carboxylic acids is 1. The van der Waals surface area contributed by atoms with Crippen LogP contribution in [0.5, 0.6) is 0 Å². The van der Waals surface area contributed by atoms with Crippen molar-refractivity contribution >= 4 is 18.3 Å². The highest BCUT2D eigenvalue weighted by Crippen LogP contribution is 2.25. The molecule has 0 radical (unpaired) electrons. The molecule has 1 aliphatic heterocycles. The van der Waals surface area contributed by atoms with E-state index < -0.39 is 24.9 Å². The molecule has 1 atom stereocenters. The summed E-state index contributed by atoms with van der Waals surface area (Å²) in [5, 5.41) is 6.18. The molecule has 18 heavy (non-hydrogen) atoms. The second kappa shape index (κ2) is 5.62. The fourth-order valence-electron chi connectivity index (χ4n) is 1.80. The zero-order chi connectivity index (χ0) is 12.5. The van der Waals surface area contributed by atoms with Crippen molar-refractivity contribution in [1.29, 1.82) is 0 Å². The van der Waals surface area contributed by atoms with E-state index in [4.69, 9.17) is 0 Å². The number of hydrogen-bond acceptors (Lipinski definition) is 4. The van der Waals surface area contributed by atoms with E-state index in [9.17, 15) is 13.6 Å². The third-order valence-corrected chi connectivity index (χ3v) is 2.67. The number of hydrogen-bond donors (Lipinski definition) is 1. The Kier molecular flexibility index (Phi) is 4.64. The molecule has 1 aromatic heterocycles. The standard InChI is InChI=1S/C10H13F2N3O2.ClH/c1-15(5-7-2-3-17-14-7)9(16)8-4-10(11,12)6-13-8;/h2-3,8,13H,4-6H2,1H3;1H. The molecule has 0 aromatic carbocycles. The minimum atomic E-state index is -2.80. The summed E-state index contributed by atoms with van der Waals surface area (Å²) in [5.41, 5.74) is 0.589. The zero-order valence-corrected chi connectivity index (χ0v) is 10.5. The molecular formula is C10H14ClF2N3O2. The number of rotatable bonds is 3. The summed E-state index contributed by atoms with van der Waals surface area (Å²) in [7, 11) is 1.55. The normalized spacial score (nSPS) is 21.4. The molecular weight excluding hydrogens is 268 g/mol. The number of carbonyl (C=O) groups is 1. The van der Waals surface area contributed by atoms with Gasteiger partial charge >= 0.3 is 0 Å². The third kappa shape index (κ3) is 3.39. The summed E-state index contributed by atoms with van der Waals surface area (Å²) in [6, 6.07) is 0.808. The van der Waals surface area contributed by atoms with Gasteiger partial charge in [0.25, 0.3) is 5.92 Å². The van der Waals surface area contributed by atoms with E-state index in [-0.39, 0.29) is 24.9 Å². The summed E-state index contributed by atoms with van der Waals surface area (Å²) in [6.07, 6.45) is 0.949. The maximum absolute atomic E-state index is 12.9. The first-order valence-corrected chi connectivity index (χ1v) is 5.23. The van der Waals surface area contributed by atoms with Gasteiger partial charge in [-0.15, -0.1) is 12.4 Å². The Hall–Kier alpha value is -1.21. The first-order chi connectivity index (χ1) is 7.98. The molecule has 1 aliphatic rings. The van der Waals surface area contributed by atoms with Crippen molar-refractivity contribution < 1.29 is 18.1 Å². The van der Waals surface area contributed by atoms with E-state index in [0.717, 1.165) is 0 Å². The van der Waals surface area contributed by atoms with Crippen LogP contribution in [-0.4, -0.2) is 41.5 Å². The lowest BCUT2D eigenvalue weighted by Gasteiger charge is -2.19. The van der Waals surface area contributed by atoms with Gasteiger partial charge in [0.1, 0.15) is 12.0 Å². The minimum Gasteiger partial charge on any atom is -0.364 e. The van der Waals surface area contributed by atoms with Crippen molar-refractivity contribution in [2.75, 3.05) is 13.6 Å². The molecule has 5 nitrogen and oxygen atoms in total. The molecule has 0 spiro atoms. The van der Waals surface area contributed by atoms with Crippen molar-refractivity contribution in [1.82, 2.24) is 15.4 Å². The topological polar surface area (TPSA) is 58.4 Å². The second-order valence-corrected chi connectivity index (χ2v) is 4.18. The lowest BCUT2D eigenvalue weighted by Crippen LogP contribution is -2.41. The van der Waals surface area contributed by atoms with Gasteiger partial charge in [0.15, 0.2) is 0 Å². The van der Waals surface area contributed by atoms with Crippen LogP contribution in [0, 0.1) is 0 Å². The van der Waals surface area contributed by atoms with Gasteiger partial charge in [-0.3, -0.25) is 10.1 Å². The zero-order valence-electron chi connectivity index (χ0n) is 9.73. The Morgan fingerprint density at radius 2 is 2.44 bits per heavy atom. The van der Waals surface area contributed by atoms with Crippen molar-refractivity contribution in [2.24, 2.45) is 0 Å². The largest absolute Gasteiger partial charge is 0.364 e. The predicted molar refractivity (Wildman–Crippen MR) is 61.6 cm³/mol. The maximum atomic E-state index is 12.9. The van der Waals surface area contributed by atoms with E-state index >= 15 is 0 Å². The molecule has 8 heteroatoms. The molecule has 1 saturated heterocycles. The van der Waals surface area contributed by atoms with Gasteiger partial charge in [0.2, 0.25) is 5.91 Å². The summed E-state index contributed by atoms with van der Waals surface area (Å²) < 4.78 is 30.5. The summed E-state index contributed by atoms with van der Waals surface area (Å²) in [6.45, 7) is -0.194. The van der Waals surface area contributed by atoms with E-state index in [2.05, 4.69) is 15.0 Å². The molecule has 1 aromatic rings. The van der Waals surface area contributed by atoms with Crippen LogP contribution in [0.1, 0.15) is 12.1 Å². The number of likely N-dealkylation sites (N-methyl/N-ethyl adjacent to an activating group) is 1. The van der Waals surface area contributed by atoms with Crippen LogP contribution in [0.15, 0.2) is 16.9 Å². The SMILES string of the molecule is CN(Cc1ccon1)C(=O)C1CC(F)(F)CN1.Cl. The number of amides is 1. The maximum Gasteiger partial charge on any atom is 0.262 e. The lowest BCUT2D eigenvalue weighted by molar-refractivity contribution is -0.133. The Morgan fingerprint density at radius 1 is 1.72 bits per heavy atom. The molecule has 0 aliphatic carbocycles. The van der Waals surface area contributed by atoms with E-state index in [1.807, 2.05) is 0 Å². The molecule has 0 saturated carbocycles. The van der Waals surface area contributed by atoms with Crippen LogP contribution >= 0.6 is 12.4 Å². The fraction of sp³-hybridized carbons (Fsp3) is 0.600. The molecule has 1 N–H and O–H groups in total. The Balaban J connectivity index is 0.00000162. The van der Waals surface area contributed by atoms with Gasteiger partial charge in [-0.1, -0.05) is 5.16 Å². The first kappa shape index (κ1) is 14.8.